The van der Waals surface area contributed by atoms with Crippen LogP contribution in [0.25, 0.3) is 0 Å². The zero-order valence-corrected chi connectivity index (χ0v) is 9.00. The van der Waals surface area contributed by atoms with Gasteiger partial charge in [-0.25, -0.2) is 4.79 Å². The second-order valence-corrected chi connectivity index (χ2v) is 3.49. The molecule has 1 rings (SSSR count). The Kier molecular flexibility index (Phi) is 3.18. The minimum absolute atomic E-state index is 0.125. The van der Waals surface area contributed by atoms with Gasteiger partial charge in [0.05, 0.1) is 20.4 Å². The van der Waals surface area contributed by atoms with E-state index in [-0.39, 0.29) is 4.47 Å². The van der Waals surface area contributed by atoms with Gasteiger partial charge in [0.1, 0.15) is 5.56 Å². The van der Waals surface area contributed by atoms with E-state index < -0.39 is 32.8 Å². The van der Waals surface area contributed by atoms with Crippen molar-refractivity contribution in [2.24, 2.45) is 0 Å². The molecule has 0 fully saturated rings. The lowest BCUT2D eigenvalue weighted by Crippen LogP contribution is -2.04. The Bertz CT molecular complexity index is 500. The Labute approximate surface area is 95.9 Å². The smallest absolute Gasteiger partial charge is 0.342 e. The SMILES string of the molecule is O=C(O)c1cc(Br)c([N+](=O)[O-])cc1[N+](=O)[O-]. The normalized spacial score (nSPS) is 9.81. The van der Waals surface area contributed by atoms with Gasteiger partial charge in [0, 0.05) is 0 Å². The summed E-state index contributed by atoms with van der Waals surface area (Å²) in [6, 6.07) is 1.44. The molecular formula is C7H3BrN2O6. The van der Waals surface area contributed by atoms with Gasteiger partial charge < -0.3 is 5.11 Å². The number of benzene rings is 1. The second kappa shape index (κ2) is 4.23. The van der Waals surface area contributed by atoms with E-state index in [1.807, 2.05) is 0 Å². The predicted octanol–water partition coefficient (Wildman–Crippen LogP) is 1.96. The maximum atomic E-state index is 10.7. The molecule has 84 valence electrons. The molecule has 16 heavy (non-hydrogen) atoms. The highest BCUT2D eigenvalue weighted by molar-refractivity contribution is 9.10. The average molecular weight is 291 g/mol. The molecule has 0 bridgehead atoms. The third kappa shape index (κ3) is 2.14. The zero-order valence-electron chi connectivity index (χ0n) is 7.42. The number of carboxylic acid groups (broad SMARTS) is 1. The molecule has 0 amide bonds. The molecule has 0 saturated carbocycles. The summed E-state index contributed by atoms with van der Waals surface area (Å²) in [6.45, 7) is 0. The van der Waals surface area contributed by atoms with E-state index in [1.165, 1.54) is 0 Å². The first-order valence-electron chi connectivity index (χ1n) is 3.70. The molecule has 0 saturated heterocycles. The number of nitro groups is 2. The molecule has 0 spiro atoms. The van der Waals surface area contributed by atoms with Crippen molar-refractivity contribution in [3.8, 4) is 0 Å². The van der Waals surface area contributed by atoms with E-state index in [0.717, 1.165) is 6.07 Å². The maximum absolute atomic E-state index is 10.7. The number of hydrogen-bond donors (Lipinski definition) is 1. The number of carbonyl (C=O) groups is 1. The van der Waals surface area contributed by atoms with Gasteiger partial charge in [-0.05, 0) is 22.0 Å². The molecule has 1 aromatic rings. The molecule has 0 unspecified atom stereocenters. The first-order valence-corrected chi connectivity index (χ1v) is 4.49. The topological polar surface area (TPSA) is 124 Å². The fraction of sp³-hybridized carbons (Fsp3) is 0. The predicted molar refractivity (Wildman–Crippen MR) is 54.4 cm³/mol. The van der Waals surface area contributed by atoms with Crippen molar-refractivity contribution >= 4 is 33.3 Å². The summed E-state index contributed by atoms with van der Waals surface area (Å²) in [5, 5.41) is 29.7. The first kappa shape index (κ1) is 12.0. The third-order valence-electron chi connectivity index (χ3n) is 1.69. The summed E-state index contributed by atoms with van der Waals surface area (Å²) in [5.74, 6) is -1.53. The largest absolute Gasteiger partial charge is 0.477 e. The summed E-state index contributed by atoms with van der Waals surface area (Å²) < 4.78 is -0.125. The number of hydrogen-bond acceptors (Lipinski definition) is 5. The van der Waals surface area contributed by atoms with Gasteiger partial charge in [0.25, 0.3) is 11.4 Å². The van der Waals surface area contributed by atoms with E-state index in [2.05, 4.69) is 15.9 Å². The van der Waals surface area contributed by atoms with Gasteiger partial charge >= 0.3 is 5.97 Å². The van der Waals surface area contributed by atoms with E-state index in [4.69, 9.17) is 5.11 Å². The van der Waals surface area contributed by atoms with E-state index in [0.29, 0.717) is 6.07 Å². The highest BCUT2D eigenvalue weighted by Gasteiger charge is 2.26. The summed E-state index contributed by atoms with van der Waals surface area (Å²) in [7, 11) is 0. The molecule has 9 heteroatoms. The number of nitrogens with zero attached hydrogens (tertiary/aromatic N) is 2. The van der Waals surface area contributed by atoms with Crippen molar-refractivity contribution in [2.75, 3.05) is 0 Å². The number of carboxylic acids is 1. The van der Waals surface area contributed by atoms with Crippen LogP contribution in [-0.2, 0) is 0 Å². The van der Waals surface area contributed by atoms with Crippen LogP contribution in [0.3, 0.4) is 0 Å². The number of halogens is 1. The van der Waals surface area contributed by atoms with Crippen molar-refractivity contribution in [3.05, 3.63) is 42.4 Å². The third-order valence-corrected chi connectivity index (χ3v) is 2.32. The molecule has 0 radical (unpaired) electrons. The van der Waals surface area contributed by atoms with Crippen LogP contribution in [-0.4, -0.2) is 20.9 Å². The molecule has 0 aliphatic carbocycles. The summed E-state index contributed by atoms with van der Waals surface area (Å²) in [5.41, 5.74) is -1.98. The highest BCUT2D eigenvalue weighted by Crippen LogP contribution is 2.32. The van der Waals surface area contributed by atoms with E-state index in [1.54, 1.807) is 0 Å². The molecule has 0 aromatic heterocycles. The van der Waals surface area contributed by atoms with Crippen LogP contribution < -0.4 is 0 Å². The van der Waals surface area contributed by atoms with Crippen LogP contribution >= 0.6 is 15.9 Å². The Hall–Kier alpha value is -2.03. The Morgan fingerprint density at radius 3 is 2.06 bits per heavy atom. The molecule has 8 nitrogen and oxygen atoms in total. The highest BCUT2D eigenvalue weighted by atomic mass is 79.9. The monoisotopic (exact) mass is 290 g/mol. The van der Waals surface area contributed by atoms with Gasteiger partial charge in [-0.15, -0.1) is 0 Å². The summed E-state index contributed by atoms with van der Waals surface area (Å²) in [4.78, 5) is 29.8. The van der Waals surface area contributed by atoms with Crippen molar-refractivity contribution in [2.45, 2.75) is 0 Å². The van der Waals surface area contributed by atoms with Gasteiger partial charge in [-0.3, -0.25) is 20.2 Å². The molecular weight excluding hydrogens is 288 g/mol. The number of nitro benzene ring substituents is 2. The van der Waals surface area contributed by atoms with Crippen LogP contribution in [0.15, 0.2) is 16.6 Å². The Morgan fingerprint density at radius 1 is 1.19 bits per heavy atom. The van der Waals surface area contributed by atoms with Crippen molar-refractivity contribution in [3.63, 3.8) is 0 Å². The standard InChI is InChI=1S/C7H3BrN2O6/c8-4-1-3(7(11)12)5(9(13)14)2-6(4)10(15)16/h1-2H,(H,11,12). The van der Waals surface area contributed by atoms with Crippen molar-refractivity contribution in [1.82, 2.24) is 0 Å². The molecule has 0 aliphatic heterocycles. The van der Waals surface area contributed by atoms with Gasteiger partial charge in [-0.2, -0.15) is 0 Å². The van der Waals surface area contributed by atoms with Crippen LogP contribution in [0.5, 0.6) is 0 Å². The lowest BCUT2D eigenvalue weighted by Gasteiger charge is -2.00. The van der Waals surface area contributed by atoms with Gasteiger partial charge in [0.2, 0.25) is 0 Å². The van der Waals surface area contributed by atoms with Crippen molar-refractivity contribution < 1.29 is 19.7 Å². The lowest BCUT2D eigenvalue weighted by atomic mass is 10.1. The van der Waals surface area contributed by atoms with E-state index in [9.17, 15) is 25.0 Å². The van der Waals surface area contributed by atoms with Gasteiger partial charge in [-0.1, -0.05) is 0 Å². The average Bonchev–Trinajstić information content (AvgIpc) is 2.15. The fourth-order valence-electron chi connectivity index (χ4n) is 1.01. The quantitative estimate of drug-likeness (QED) is 0.670. The fourth-order valence-corrected chi connectivity index (χ4v) is 1.50. The van der Waals surface area contributed by atoms with Crippen LogP contribution in [0, 0.1) is 20.2 Å². The molecule has 0 aliphatic rings. The first-order chi connectivity index (χ1) is 7.34. The van der Waals surface area contributed by atoms with Crippen LogP contribution in [0.1, 0.15) is 10.4 Å². The second-order valence-electron chi connectivity index (χ2n) is 2.64. The van der Waals surface area contributed by atoms with Crippen LogP contribution in [0.4, 0.5) is 11.4 Å². The van der Waals surface area contributed by atoms with Crippen molar-refractivity contribution in [1.29, 1.82) is 0 Å². The zero-order chi connectivity index (χ0) is 12.5. The lowest BCUT2D eigenvalue weighted by molar-refractivity contribution is -0.394. The summed E-state index contributed by atoms with van der Waals surface area (Å²) in [6.07, 6.45) is 0. The molecule has 1 N–H and O–H groups in total. The molecule has 0 atom stereocenters. The van der Waals surface area contributed by atoms with Crippen LogP contribution in [0.2, 0.25) is 0 Å². The Morgan fingerprint density at radius 2 is 1.69 bits per heavy atom. The molecule has 0 heterocycles. The maximum Gasteiger partial charge on any atom is 0.342 e. The minimum atomic E-state index is -1.53. The van der Waals surface area contributed by atoms with Gasteiger partial charge in [0.15, 0.2) is 0 Å². The Balaban J connectivity index is 3.55. The minimum Gasteiger partial charge on any atom is -0.477 e. The number of aromatic carboxylic acids is 1. The molecule has 1 aromatic carbocycles. The number of rotatable bonds is 3. The van der Waals surface area contributed by atoms with E-state index >= 15 is 0 Å². The summed E-state index contributed by atoms with van der Waals surface area (Å²) >= 11 is 2.77.